The summed E-state index contributed by atoms with van der Waals surface area (Å²) < 4.78 is 12.1. The maximum absolute atomic E-state index is 9.16. The average Bonchev–Trinajstić information content (AvgIpc) is 3.52. The molecule has 0 aromatic heterocycles. The van der Waals surface area contributed by atoms with Gasteiger partial charge in [0.15, 0.2) is 0 Å². The van der Waals surface area contributed by atoms with E-state index >= 15 is 0 Å². The van der Waals surface area contributed by atoms with Gasteiger partial charge in [-0.05, 0) is 28.8 Å². The minimum absolute atomic E-state index is 0.0523. The molecule has 0 aliphatic carbocycles. The molecular formula is C26H21N3O2. The van der Waals surface area contributed by atoms with Crippen LogP contribution in [0, 0.1) is 11.3 Å². The van der Waals surface area contributed by atoms with Gasteiger partial charge in [0.05, 0.1) is 17.7 Å². The first-order valence-electron chi connectivity index (χ1n) is 10.3. The predicted molar refractivity (Wildman–Crippen MR) is 119 cm³/mol. The van der Waals surface area contributed by atoms with Gasteiger partial charge >= 0.3 is 0 Å². The van der Waals surface area contributed by atoms with Gasteiger partial charge in [0.25, 0.3) is 0 Å². The number of nitriles is 1. The molecule has 0 amide bonds. The second kappa shape index (κ2) is 8.37. The zero-order chi connectivity index (χ0) is 21.0. The first-order chi connectivity index (χ1) is 15.3. The Morgan fingerprint density at radius 2 is 1.52 bits per heavy atom. The van der Waals surface area contributed by atoms with Crippen molar-refractivity contribution in [3.8, 4) is 6.07 Å². The quantitative estimate of drug-likeness (QED) is 0.677. The lowest BCUT2D eigenvalue weighted by Gasteiger charge is -2.12. The van der Waals surface area contributed by atoms with Crippen molar-refractivity contribution in [3.63, 3.8) is 0 Å². The third-order valence-corrected chi connectivity index (χ3v) is 5.48. The van der Waals surface area contributed by atoms with Crippen LogP contribution in [0.2, 0.25) is 0 Å². The monoisotopic (exact) mass is 407 g/mol. The van der Waals surface area contributed by atoms with Crippen molar-refractivity contribution >= 4 is 11.5 Å². The second-order valence-corrected chi connectivity index (χ2v) is 7.48. The van der Waals surface area contributed by atoms with E-state index in [-0.39, 0.29) is 12.1 Å². The van der Waals surface area contributed by atoms with Crippen LogP contribution in [0.1, 0.15) is 34.3 Å². The summed E-state index contributed by atoms with van der Waals surface area (Å²) in [6, 6.07) is 29.9. The Kier molecular flexibility index (Phi) is 5.12. The van der Waals surface area contributed by atoms with Crippen LogP contribution in [-0.4, -0.2) is 19.1 Å². The van der Waals surface area contributed by atoms with Crippen molar-refractivity contribution < 1.29 is 9.47 Å². The number of nitrogens with zero attached hydrogens (tertiary/aromatic N) is 2. The minimum atomic E-state index is -0.0588. The summed E-state index contributed by atoms with van der Waals surface area (Å²) in [4.78, 5) is 4.87. The number of hydrogen-bond donors (Lipinski definition) is 1. The maximum Gasteiger partial charge on any atom is 0.223 e. The summed E-state index contributed by atoms with van der Waals surface area (Å²) >= 11 is 0. The molecule has 2 aliphatic rings. The first kappa shape index (κ1) is 19.0. The highest BCUT2D eigenvalue weighted by Crippen LogP contribution is 2.33. The van der Waals surface area contributed by atoms with E-state index in [1.165, 1.54) is 0 Å². The Labute approximate surface area is 181 Å². The first-order valence-corrected chi connectivity index (χ1v) is 10.3. The van der Waals surface area contributed by atoms with Crippen molar-refractivity contribution in [2.24, 2.45) is 4.99 Å². The van der Waals surface area contributed by atoms with Crippen molar-refractivity contribution in [2.45, 2.75) is 12.1 Å². The highest BCUT2D eigenvalue weighted by atomic mass is 16.5. The van der Waals surface area contributed by atoms with Crippen LogP contribution >= 0.6 is 0 Å². The lowest BCUT2D eigenvalue weighted by molar-refractivity contribution is 0.255. The molecule has 152 valence electrons. The Bertz CT molecular complexity index is 1160. The molecule has 0 saturated carbocycles. The van der Waals surface area contributed by atoms with Gasteiger partial charge in [0.1, 0.15) is 24.8 Å². The van der Waals surface area contributed by atoms with Gasteiger partial charge in [0.2, 0.25) is 11.8 Å². The summed E-state index contributed by atoms with van der Waals surface area (Å²) in [6.07, 6.45) is 0. The number of ether oxygens (including phenoxy) is 2. The van der Waals surface area contributed by atoms with Gasteiger partial charge in [-0.15, -0.1) is 0 Å². The maximum atomic E-state index is 9.16. The molecule has 0 unspecified atom stereocenters. The molecular weight excluding hydrogens is 386 g/mol. The zero-order valence-electron chi connectivity index (χ0n) is 16.9. The van der Waals surface area contributed by atoms with Crippen LogP contribution in [0.15, 0.2) is 95.8 Å². The van der Waals surface area contributed by atoms with E-state index in [0.29, 0.717) is 30.6 Å². The molecule has 0 radical (unpaired) electrons. The molecule has 2 atom stereocenters. The van der Waals surface area contributed by atoms with E-state index in [9.17, 15) is 0 Å². The molecule has 1 fully saturated rings. The van der Waals surface area contributed by atoms with Crippen LogP contribution in [0.5, 0.6) is 0 Å². The second-order valence-electron chi connectivity index (χ2n) is 7.48. The average molecular weight is 407 g/mol. The molecule has 31 heavy (non-hydrogen) atoms. The molecule has 1 saturated heterocycles. The van der Waals surface area contributed by atoms with Gasteiger partial charge in [-0.25, -0.2) is 4.99 Å². The number of hydrogen-bond acceptors (Lipinski definition) is 5. The number of aliphatic imine (C=N–C) groups is 1. The third kappa shape index (κ3) is 3.88. The van der Waals surface area contributed by atoms with Crippen LogP contribution in [0.25, 0.3) is 5.57 Å². The van der Waals surface area contributed by atoms with Crippen molar-refractivity contribution in [1.82, 2.24) is 5.32 Å². The zero-order valence-corrected chi connectivity index (χ0v) is 16.9. The molecule has 0 spiro atoms. The van der Waals surface area contributed by atoms with E-state index in [0.717, 1.165) is 22.3 Å². The number of benzene rings is 3. The van der Waals surface area contributed by atoms with Crippen LogP contribution in [-0.2, 0) is 9.47 Å². The van der Waals surface area contributed by atoms with Crippen molar-refractivity contribution in [1.29, 1.82) is 5.26 Å². The normalized spacial score (nSPS) is 21.3. The number of nitrogens with one attached hydrogen (secondary N) is 1. The van der Waals surface area contributed by atoms with Crippen LogP contribution < -0.4 is 5.32 Å². The van der Waals surface area contributed by atoms with E-state index in [1.54, 1.807) is 12.1 Å². The topological polar surface area (TPSA) is 66.6 Å². The molecule has 2 heterocycles. The fourth-order valence-corrected chi connectivity index (χ4v) is 3.84. The largest absolute Gasteiger partial charge is 0.476 e. The fourth-order valence-electron chi connectivity index (χ4n) is 3.84. The third-order valence-electron chi connectivity index (χ3n) is 5.48. The molecule has 3 aromatic carbocycles. The van der Waals surface area contributed by atoms with Gasteiger partial charge < -0.3 is 14.8 Å². The lowest BCUT2D eigenvalue weighted by Crippen LogP contribution is -2.17. The molecule has 5 rings (SSSR count). The Morgan fingerprint density at radius 1 is 0.839 bits per heavy atom. The lowest BCUT2D eigenvalue weighted by atomic mass is 10.0. The Hall–Kier alpha value is -4.04. The van der Waals surface area contributed by atoms with E-state index in [4.69, 9.17) is 19.7 Å². The molecule has 1 N–H and O–H groups in total. The smallest absolute Gasteiger partial charge is 0.223 e. The molecule has 3 aromatic rings. The summed E-state index contributed by atoms with van der Waals surface area (Å²) in [5.41, 5.74) is 4.55. The van der Waals surface area contributed by atoms with Gasteiger partial charge in [-0.2, -0.15) is 5.26 Å². The van der Waals surface area contributed by atoms with Crippen molar-refractivity contribution in [2.75, 3.05) is 13.2 Å². The fraction of sp³-hybridized carbons (Fsp3) is 0.154. The Balaban J connectivity index is 1.53. The predicted octanol–water partition coefficient (Wildman–Crippen LogP) is 4.76. The Morgan fingerprint density at radius 3 is 2.19 bits per heavy atom. The summed E-state index contributed by atoms with van der Waals surface area (Å²) in [6.45, 7) is 1.00. The highest BCUT2D eigenvalue weighted by Gasteiger charge is 2.31. The highest BCUT2D eigenvalue weighted by molar-refractivity contribution is 6.20. The SMILES string of the molecule is N#Cc1ccc(/C(C2=N[C@@H](c3ccccc3)CO2)=C2\N[C@@H](c3ccccc3)CO2)cc1. The standard InChI is InChI=1S/C26H21N3O2/c27-15-18-11-13-21(14-12-18)24(25-28-22(16-30-25)19-7-3-1-4-8-19)26-29-23(17-31-26)20-9-5-2-6-10-20/h1-14,22-23,28H,16-17H2/b25-24-/t22-,23-/m1/s1. The molecule has 0 bridgehead atoms. The van der Waals surface area contributed by atoms with E-state index in [2.05, 4.69) is 35.7 Å². The van der Waals surface area contributed by atoms with Crippen molar-refractivity contribution in [3.05, 3.63) is 113 Å². The minimum Gasteiger partial charge on any atom is -0.476 e. The van der Waals surface area contributed by atoms with E-state index < -0.39 is 0 Å². The van der Waals surface area contributed by atoms with Gasteiger partial charge in [0, 0.05) is 0 Å². The summed E-state index contributed by atoms with van der Waals surface area (Å²) in [5, 5.41) is 12.7. The summed E-state index contributed by atoms with van der Waals surface area (Å²) in [5.74, 6) is 1.20. The van der Waals surface area contributed by atoms with Gasteiger partial charge in [-0.1, -0.05) is 72.8 Å². The number of rotatable bonds is 4. The molecule has 5 heteroatoms. The summed E-state index contributed by atoms with van der Waals surface area (Å²) in [7, 11) is 0. The van der Waals surface area contributed by atoms with E-state index in [1.807, 2.05) is 48.5 Å². The van der Waals surface area contributed by atoms with Crippen LogP contribution in [0.3, 0.4) is 0 Å². The van der Waals surface area contributed by atoms with Gasteiger partial charge in [-0.3, -0.25) is 0 Å². The molecule has 5 nitrogen and oxygen atoms in total. The molecule has 2 aliphatic heterocycles. The van der Waals surface area contributed by atoms with Crippen LogP contribution in [0.4, 0.5) is 0 Å².